The molecule has 0 radical (unpaired) electrons. The topological polar surface area (TPSA) is 13.0 Å². The fourth-order valence-electron chi connectivity index (χ4n) is 9.56. The zero-order chi connectivity index (χ0) is 47.9. The number of para-hydroxylation sites is 3. The monoisotopic (exact) mass is 912 g/mol. The SMILES string of the molecule is C=C(/C=C\C(=C/C)N(c1ccccc1)c1ccc2ccccc2c1)N(c1ccc(N(c2ccccc2)c2ccc3ccccc3c2)cc1)c1ccc(N(c2ccccc2)c2ccc3ccccc3c2)cc1. The number of allylic oxidation sites excluding steroid dienone is 3. The lowest BCUT2D eigenvalue weighted by atomic mass is 10.1. The molecule has 0 fully saturated rings. The fraction of sp³-hybridized carbons (Fsp3) is 0.0149. The standard InChI is InChI=1S/C67H52N4/c1-3-57(69(58-25-7-4-8-26-58)65-36-32-51-19-13-16-22-54(51)47-65)35-31-50(2)68(61-39-43-63(44-40-61)70(59-27-9-5-10-28-59)66-37-33-52-20-14-17-23-55(52)48-66)62-41-45-64(46-42-62)71(60-29-11-6-12-30-60)67-38-34-53-21-15-18-24-56(53)49-67/h3-49H,2H2,1H3/b35-31-,57-3+. The number of rotatable bonds is 14. The van der Waals surface area contributed by atoms with Crippen LogP contribution in [0.3, 0.4) is 0 Å². The number of anilines is 10. The van der Waals surface area contributed by atoms with Crippen LogP contribution in [0.4, 0.5) is 56.9 Å². The van der Waals surface area contributed by atoms with Gasteiger partial charge < -0.3 is 19.6 Å². The van der Waals surface area contributed by atoms with Crippen LogP contribution in [0.25, 0.3) is 32.3 Å². The van der Waals surface area contributed by atoms with E-state index in [9.17, 15) is 0 Å². The van der Waals surface area contributed by atoms with E-state index in [0.29, 0.717) is 0 Å². The summed E-state index contributed by atoms with van der Waals surface area (Å²) in [4.78, 5) is 9.18. The molecule has 0 aromatic heterocycles. The zero-order valence-corrected chi connectivity index (χ0v) is 39.6. The summed E-state index contributed by atoms with van der Waals surface area (Å²) in [6.07, 6.45) is 6.47. The van der Waals surface area contributed by atoms with E-state index < -0.39 is 0 Å². The minimum Gasteiger partial charge on any atom is -0.311 e. The first-order chi connectivity index (χ1) is 35.1. The highest BCUT2D eigenvalue weighted by atomic mass is 15.2. The summed E-state index contributed by atoms with van der Waals surface area (Å²) in [5.41, 5.74) is 12.4. The highest BCUT2D eigenvalue weighted by Crippen LogP contribution is 2.41. The molecule has 0 heterocycles. The van der Waals surface area contributed by atoms with Crippen LogP contribution < -0.4 is 19.6 Å². The average molecular weight is 913 g/mol. The molecule has 0 bridgehead atoms. The van der Waals surface area contributed by atoms with Crippen LogP contribution in [0.5, 0.6) is 0 Å². The Kier molecular flexibility index (Phi) is 12.5. The molecule has 0 amide bonds. The lowest BCUT2D eigenvalue weighted by Crippen LogP contribution is -2.17. The Morgan fingerprint density at radius 2 is 0.577 bits per heavy atom. The van der Waals surface area contributed by atoms with E-state index in [1.54, 1.807) is 0 Å². The Morgan fingerprint density at radius 3 is 0.986 bits per heavy atom. The summed E-state index contributed by atoms with van der Waals surface area (Å²) in [6.45, 7) is 6.89. The van der Waals surface area contributed by atoms with Crippen molar-refractivity contribution in [2.24, 2.45) is 0 Å². The van der Waals surface area contributed by atoms with Gasteiger partial charge in [-0.1, -0.05) is 158 Å². The van der Waals surface area contributed by atoms with Crippen LogP contribution in [-0.2, 0) is 0 Å². The summed E-state index contributed by atoms with van der Waals surface area (Å²) < 4.78 is 0. The Morgan fingerprint density at radius 1 is 0.282 bits per heavy atom. The molecule has 0 N–H and O–H groups in total. The third-order valence-electron chi connectivity index (χ3n) is 13.0. The first kappa shape index (κ1) is 44.1. The smallest absolute Gasteiger partial charge is 0.0468 e. The first-order valence-corrected chi connectivity index (χ1v) is 24.1. The Hall–Kier alpha value is -9.38. The molecular weight excluding hydrogens is 861 g/mol. The zero-order valence-electron chi connectivity index (χ0n) is 39.6. The van der Waals surface area contributed by atoms with Crippen molar-refractivity contribution in [1.82, 2.24) is 0 Å². The molecule has 0 atom stereocenters. The molecule has 4 nitrogen and oxygen atoms in total. The number of hydrogen-bond donors (Lipinski definition) is 0. The lowest BCUT2D eigenvalue weighted by molar-refractivity contribution is 1.18. The summed E-state index contributed by atoms with van der Waals surface area (Å²) in [5.74, 6) is 0. The quantitative estimate of drug-likeness (QED) is 0.101. The Bertz CT molecular complexity index is 3510. The molecular formula is C67H52N4. The van der Waals surface area contributed by atoms with Crippen LogP contribution in [0.1, 0.15) is 6.92 Å². The highest BCUT2D eigenvalue weighted by molar-refractivity contribution is 5.92. The molecule has 0 unspecified atom stereocenters. The van der Waals surface area contributed by atoms with Gasteiger partial charge in [0.1, 0.15) is 0 Å². The van der Waals surface area contributed by atoms with Gasteiger partial charge in [0.25, 0.3) is 0 Å². The Balaban J connectivity index is 0.993. The number of nitrogens with zero attached hydrogens (tertiary/aromatic N) is 4. The van der Waals surface area contributed by atoms with Crippen LogP contribution in [-0.4, -0.2) is 0 Å². The van der Waals surface area contributed by atoms with Crippen LogP contribution in [0.15, 0.2) is 303 Å². The molecule has 11 aromatic carbocycles. The summed E-state index contributed by atoms with van der Waals surface area (Å²) in [6, 6.07) is 94.9. The fourth-order valence-corrected chi connectivity index (χ4v) is 9.56. The van der Waals surface area contributed by atoms with E-state index in [2.05, 4.69) is 312 Å². The van der Waals surface area contributed by atoms with Gasteiger partial charge in [0, 0.05) is 68.3 Å². The van der Waals surface area contributed by atoms with Crippen molar-refractivity contribution in [3.05, 3.63) is 303 Å². The number of fused-ring (bicyclic) bond motifs is 3. The predicted molar refractivity (Wildman–Crippen MR) is 304 cm³/mol. The van der Waals surface area contributed by atoms with Crippen molar-refractivity contribution in [2.75, 3.05) is 19.6 Å². The molecule has 11 rings (SSSR count). The van der Waals surface area contributed by atoms with Gasteiger partial charge in [0.05, 0.1) is 0 Å². The third-order valence-corrected chi connectivity index (χ3v) is 13.0. The molecule has 71 heavy (non-hydrogen) atoms. The van der Waals surface area contributed by atoms with E-state index in [4.69, 9.17) is 6.58 Å². The first-order valence-electron chi connectivity index (χ1n) is 24.1. The normalized spacial score (nSPS) is 11.5. The minimum absolute atomic E-state index is 0.806. The second-order valence-electron chi connectivity index (χ2n) is 17.5. The second-order valence-corrected chi connectivity index (χ2v) is 17.5. The largest absolute Gasteiger partial charge is 0.311 e. The van der Waals surface area contributed by atoms with Gasteiger partial charge in [-0.15, -0.1) is 0 Å². The van der Waals surface area contributed by atoms with Crippen molar-refractivity contribution >= 4 is 89.2 Å². The Labute approximate surface area is 416 Å². The van der Waals surface area contributed by atoms with Crippen molar-refractivity contribution in [2.45, 2.75) is 6.92 Å². The van der Waals surface area contributed by atoms with Crippen LogP contribution in [0.2, 0.25) is 0 Å². The van der Waals surface area contributed by atoms with Gasteiger partial charge in [-0.3, -0.25) is 0 Å². The van der Waals surface area contributed by atoms with Gasteiger partial charge in [0.15, 0.2) is 0 Å². The molecule has 0 aliphatic rings. The molecule has 0 saturated carbocycles. The minimum atomic E-state index is 0.806. The maximum Gasteiger partial charge on any atom is 0.0468 e. The van der Waals surface area contributed by atoms with Crippen molar-refractivity contribution < 1.29 is 0 Å². The predicted octanol–water partition coefficient (Wildman–Crippen LogP) is 19.0. The van der Waals surface area contributed by atoms with Crippen molar-refractivity contribution in [1.29, 1.82) is 0 Å². The molecule has 0 spiro atoms. The molecule has 4 heteroatoms. The van der Waals surface area contributed by atoms with Gasteiger partial charge in [-0.25, -0.2) is 0 Å². The van der Waals surface area contributed by atoms with Crippen molar-refractivity contribution in [3.63, 3.8) is 0 Å². The van der Waals surface area contributed by atoms with E-state index in [0.717, 1.165) is 68.3 Å². The van der Waals surface area contributed by atoms with Crippen LogP contribution >= 0.6 is 0 Å². The maximum atomic E-state index is 4.80. The maximum absolute atomic E-state index is 4.80. The third kappa shape index (κ3) is 9.31. The van der Waals surface area contributed by atoms with Gasteiger partial charge in [-0.2, -0.15) is 0 Å². The summed E-state index contributed by atoms with van der Waals surface area (Å²) in [7, 11) is 0. The molecule has 340 valence electrons. The summed E-state index contributed by atoms with van der Waals surface area (Å²) in [5, 5.41) is 7.20. The molecule has 11 aromatic rings. The van der Waals surface area contributed by atoms with Crippen molar-refractivity contribution in [3.8, 4) is 0 Å². The van der Waals surface area contributed by atoms with Gasteiger partial charge >= 0.3 is 0 Å². The summed E-state index contributed by atoms with van der Waals surface area (Å²) >= 11 is 0. The molecule has 0 aliphatic carbocycles. The molecule has 0 aliphatic heterocycles. The number of benzene rings is 11. The van der Waals surface area contributed by atoms with E-state index in [-0.39, 0.29) is 0 Å². The number of hydrogen-bond acceptors (Lipinski definition) is 4. The highest BCUT2D eigenvalue weighted by Gasteiger charge is 2.20. The van der Waals surface area contributed by atoms with E-state index >= 15 is 0 Å². The van der Waals surface area contributed by atoms with Gasteiger partial charge in [0.2, 0.25) is 0 Å². The van der Waals surface area contributed by atoms with Gasteiger partial charge in [-0.05, 0) is 173 Å². The lowest BCUT2D eigenvalue weighted by Gasteiger charge is -2.30. The second kappa shape index (κ2) is 20.1. The average Bonchev–Trinajstić information content (AvgIpc) is 3.43. The van der Waals surface area contributed by atoms with Crippen LogP contribution in [0, 0.1) is 0 Å². The van der Waals surface area contributed by atoms with E-state index in [1.807, 2.05) is 0 Å². The van der Waals surface area contributed by atoms with E-state index in [1.165, 1.54) is 32.3 Å². The molecule has 0 saturated heterocycles.